The van der Waals surface area contributed by atoms with Crippen LogP contribution in [-0.4, -0.2) is 35.9 Å². The Morgan fingerprint density at radius 3 is 2.62 bits per heavy atom. The molecular weight excluding hydrogens is 330 g/mol. The van der Waals surface area contributed by atoms with Gasteiger partial charge in [-0.2, -0.15) is 5.26 Å². The molecule has 1 unspecified atom stereocenters. The predicted molar refractivity (Wildman–Crippen MR) is 94.6 cm³/mol. The number of carbonyl (C=O) groups is 2. The van der Waals surface area contributed by atoms with Gasteiger partial charge in [-0.3, -0.25) is 9.59 Å². The Morgan fingerprint density at radius 1 is 1.15 bits per heavy atom. The molecule has 0 saturated carbocycles. The quantitative estimate of drug-likeness (QED) is 0.923. The molecule has 2 aromatic rings. The van der Waals surface area contributed by atoms with E-state index in [1.165, 1.54) is 0 Å². The van der Waals surface area contributed by atoms with E-state index in [-0.39, 0.29) is 24.3 Å². The first-order valence-corrected chi connectivity index (χ1v) is 8.48. The minimum atomic E-state index is -0.434. The minimum Gasteiger partial charge on any atom is -0.487 e. The van der Waals surface area contributed by atoms with Crippen molar-refractivity contribution < 1.29 is 14.3 Å². The Bertz CT molecular complexity index is 895. The largest absolute Gasteiger partial charge is 0.487 e. The van der Waals surface area contributed by atoms with E-state index in [1.807, 2.05) is 24.3 Å². The molecule has 0 aliphatic carbocycles. The molecule has 2 aliphatic rings. The SMILES string of the molecule is N#Cc1ccc(OC2CN(C(=O)C3CC(=O)Nc4ccccc43)C2)cc1. The molecule has 1 saturated heterocycles. The zero-order valence-electron chi connectivity index (χ0n) is 14.0. The number of para-hydroxylation sites is 1. The first kappa shape index (κ1) is 16.2. The van der Waals surface area contributed by atoms with Crippen molar-refractivity contribution in [2.24, 2.45) is 0 Å². The molecule has 130 valence electrons. The third-order valence-corrected chi connectivity index (χ3v) is 4.74. The molecule has 1 atom stereocenters. The number of amides is 2. The van der Waals surface area contributed by atoms with Gasteiger partial charge in [-0.25, -0.2) is 0 Å². The topological polar surface area (TPSA) is 82.4 Å². The number of nitriles is 1. The standard InChI is InChI=1S/C20H17N3O3/c21-10-13-5-7-14(8-6-13)26-15-11-23(12-15)20(25)17-9-19(24)22-18-4-2-1-3-16(17)18/h1-8,15,17H,9,11-12H2,(H,22,24). The summed E-state index contributed by atoms with van der Waals surface area (Å²) in [5.41, 5.74) is 2.17. The highest BCUT2D eigenvalue weighted by Crippen LogP contribution is 2.34. The maximum atomic E-state index is 12.8. The van der Waals surface area contributed by atoms with Gasteiger partial charge in [0.25, 0.3) is 0 Å². The number of carbonyl (C=O) groups excluding carboxylic acids is 2. The van der Waals surface area contributed by atoms with Gasteiger partial charge >= 0.3 is 0 Å². The number of rotatable bonds is 3. The third kappa shape index (κ3) is 3.00. The highest BCUT2D eigenvalue weighted by Gasteiger charge is 2.39. The molecule has 6 heteroatoms. The molecule has 0 spiro atoms. The maximum Gasteiger partial charge on any atom is 0.230 e. The van der Waals surface area contributed by atoms with Crippen LogP contribution in [0.2, 0.25) is 0 Å². The molecule has 2 heterocycles. The predicted octanol–water partition coefficient (Wildman–Crippen LogP) is 2.27. The van der Waals surface area contributed by atoms with Gasteiger partial charge in [0.2, 0.25) is 11.8 Å². The summed E-state index contributed by atoms with van der Waals surface area (Å²) >= 11 is 0. The number of hydrogen-bond donors (Lipinski definition) is 1. The first-order valence-electron chi connectivity index (χ1n) is 8.48. The lowest BCUT2D eigenvalue weighted by Gasteiger charge is -2.41. The number of fused-ring (bicyclic) bond motifs is 1. The monoisotopic (exact) mass is 347 g/mol. The van der Waals surface area contributed by atoms with E-state index in [1.54, 1.807) is 29.2 Å². The van der Waals surface area contributed by atoms with E-state index in [4.69, 9.17) is 10.00 Å². The van der Waals surface area contributed by atoms with Gasteiger partial charge in [-0.15, -0.1) is 0 Å². The number of likely N-dealkylation sites (tertiary alicyclic amines) is 1. The molecule has 1 N–H and O–H groups in total. The maximum absolute atomic E-state index is 12.8. The Kier molecular flexibility index (Phi) is 4.05. The van der Waals surface area contributed by atoms with Crippen LogP contribution in [0.25, 0.3) is 0 Å². The molecule has 0 radical (unpaired) electrons. The summed E-state index contributed by atoms with van der Waals surface area (Å²) in [6.07, 6.45) is 0.104. The second kappa shape index (κ2) is 6.52. The van der Waals surface area contributed by atoms with E-state index >= 15 is 0 Å². The molecular formula is C20H17N3O3. The Balaban J connectivity index is 1.39. The average Bonchev–Trinajstić information content (AvgIpc) is 2.63. The fourth-order valence-electron chi connectivity index (χ4n) is 3.35. The molecule has 6 nitrogen and oxygen atoms in total. The summed E-state index contributed by atoms with van der Waals surface area (Å²) in [6, 6.07) is 16.4. The van der Waals surface area contributed by atoms with E-state index < -0.39 is 5.92 Å². The molecule has 0 aromatic heterocycles. The Morgan fingerprint density at radius 2 is 1.88 bits per heavy atom. The first-order chi connectivity index (χ1) is 12.6. The fourth-order valence-corrected chi connectivity index (χ4v) is 3.35. The van der Waals surface area contributed by atoms with E-state index in [9.17, 15) is 9.59 Å². The number of anilines is 1. The zero-order chi connectivity index (χ0) is 18.1. The van der Waals surface area contributed by atoms with Gasteiger partial charge in [0.1, 0.15) is 11.9 Å². The van der Waals surface area contributed by atoms with Crippen molar-refractivity contribution in [2.75, 3.05) is 18.4 Å². The summed E-state index contributed by atoms with van der Waals surface area (Å²) in [5.74, 6) is 0.0826. The second-order valence-corrected chi connectivity index (χ2v) is 6.51. The molecule has 26 heavy (non-hydrogen) atoms. The summed E-state index contributed by atoms with van der Waals surface area (Å²) < 4.78 is 5.83. The van der Waals surface area contributed by atoms with Crippen molar-refractivity contribution in [3.8, 4) is 11.8 Å². The molecule has 0 bridgehead atoms. The van der Waals surface area contributed by atoms with E-state index in [2.05, 4.69) is 11.4 Å². The van der Waals surface area contributed by atoms with Crippen LogP contribution in [-0.2, 0) is 9.59 Å². The highest BCUT2D eigenvalue weighted by molar-refractivity contribution is 6.01. The number of hydrogen-bond acceptors (Lipinski definition) is 4. The average molecular weight is 347 g/mol. The highest BCUT2D eigenvalue weighted by atomic mass is 16.5. The summed E-state index contributed by atoms with van der Waals surface area (Å²) in [5, 5.41) is 11.6. The Labute approximate surface area is 151 Å². The summed E-state index contributed by atoms with van der Waals surface area (Å²) in [4.78, 5) is 26.5. The van der Waals surface area contributed by atoms with Gasteiger partial charge in [0, 0.05) is 12.1 Å². The van der Waals surface area contributed by atoms with Crippen molar-refractivity contribution in [3.05, 3.63) is 59.7 Å². The summed E-state index contributed by atoms with van der Waals surface area (Å²) in [7, 11) is 0. The van der Waals surface area contributed by atoms with E-state index in [0.717, 1.165) is 5.56 Å². The van der Waals surface area contributed by atoms with Gasteiger partial charge in [0.05, 0.1) is 30.6 Å². The van der Waals surface area contributed by atoms with Crippen molar-refractivity contribution in [1.29, 1.82) is 5.26 Å². The van der Waals surface area contributed by atoms with Crippen LogP contribution < -0.4 is 10.1 Å². The number of ether oxygens (including phenoxy) is 1. The number of nitrogens with one attached hydrogen (secondary N) is 1. The van der Waals surface area contributed by atoms with Crippen molar-refractivity contribution in [3.63, 3.8) is 0 Å². The van der Waals surface area contributed by atoms with Crippen LogP contribution in [0, 0.1) is 11.3 Å². The zero-order valence-corrected chi connectivity index (χ0v) is 14.0. The van der Waals surface area contributed by atoms with Gasteiger partial charge < -0.3 is 15.0 Å². The lowest BCUT2D eigenvalue weighted by Crippen LogP contribution is -2.57. The van der Waals surface area contributed by atoms with Crippen LogP contribution in [0.4, 0.5) is 5.69 Å². The number of nitrogens with zero attached hydrogens (tertiary/aromatic N) is 2. The van der Waals surface area contributed by atoms with Gasteiger partial charge in [0.15, 0.2) is 0 Å². The summed E-state index contributed by atoms with van der Waals surface area (Å²) in [6.45, 7) is 0.998. The molecule has 2 aromatic carbocycles. The van der Waals surface area contributed by atoms with Crippen molar-refractivity contribution >= 4 is 17.5 Å². The lowest BCUT2D eigenvalue weighted by molar-refractivity contribution is -0.143. The Hall–Kier alpha value is -3.33. The molecule has 2 aliphatic heterocycles. The van der Waals surface area contributed by atoms with Crippen molar-refractivity contribution in [1.82, 2.24) is 4.90 Å². The third-order valence-electron chi connectivity index (χ3n) is 4.74. The fraction of sp³-hybridized carbons (Fsp3) is 0.250. The minimum absolute atomic E-state index is 0.0352. The lowest BCUT2D eigenvalue weighted by atomic mass is 9.88. The van der Waals surface area contributed by atoms with Crippen LogP contribution in [0.3, 0.4) is 0 Å². The van der Waals surface area contributed by atoms with Gasteiger partial charge in [-0.1, -0.05) is 18.2 Å². The van der Waals surface area contributed by atoms with Crippen LogP contribution in [0.1, 0.15) is 23.5 Å². The molecule has 1 fully saturated rings. The van der Waals surface area contributed by atoms with Crippen molar-refractivity contribution in [2.45, 2.75) is 18.4 Å². The smallest absolute Gasteiger partial charge is 0.230 e. The molecule has 2 amide bonds. The normalized spacial score (nSPS) is 19.0. The van der Waals surface area contributed by atoms with Crippen LogP contribution >= 0.6 is 0 Å². The van der Waals surface area contributed by atoms with Crippen LogP contribution in [0.15, 0.2) is 48.5 Å². The van der Waals surface area contributed by atoms with Gasteiger partial charge in [-0.05, 0) is 35.9 Å². The van der Waals surface area contributed by atoms with E-state index in [0.29, 0.717) is 30.1 Å². The number of benzene rings is 2. The second-order valence-electron chi connectivity index (χ2n) is 6.51. The van der Waals surface area contributed by atoms with Crippen LogP contribution in [0.5, 0.6) is 5.75 Å². The molecule has 4 rings (SSSR count).